The Bertz CT molecular complexity index is 640. The summed E-state index contributed by atoms with van der Waals surface area (Å²) in [6.07, 6.45) is 4.00. The van der Waals surface area contributed by atoms with Gasteiger partial charge in [-0.2, -0.15) is 0 Å². The van der Waals surface area contributed by atoms with Crippen LogP contribution in [0.25, 0.3) is 11.0 Å². The van der Waals surface area contributed by atoms with Crippen molar-refractivity contribution in [2.75, 3.05) is 13.2 Å². The molecule has 2 amide bonds. The Hall–Kier alpha value is -2.08. The van der Waals surface area contributed by atoms with Crippen molar-refractivity contribution in [3.8, 4) is 0 Å². The van der Waals surface area contributed by atoms with Crippen LogP contribution in [0, 0.1) is 0 Å². The molecule has 1 unspecified atom stereocenters. The van der Waals surface area contributed by atoms with Crippen LogP contribution in [-0.4, -0.2) is 39.4 Å². The van der Waals surface area contributed by atoms with Gasteiger partial charge in [-0.3, -0.25) is 0 Å². The predicted octanol–water partition coefficient (Wildman–Crippen LogP) is 2.28. The number of nitrogens with one attached hydrogen (secondary N) is 2. The summed E-state index contributed by atoms with van der Waals surface area (Å²) < 4.78 is 2.09. The Morgan fingerprint density at radius 1 is 1.39 bits per heavy atom. The van der Waals surface area contributed by atoms with Crippen LogP contribution in [0.3, 0.4) is 0 Å². The fourth-order valence-electron chi connectivity index (χ4n) is 2.53. The number of nitrogens with zero attached hydrogens (tertiary/aromatic N) is 2. The molecule has 0 bridgehead atoms. The number of carbonyl (C=O) groups excluding carboxylic acids is 1. The highest BCUT2D eigenvalue weighted by molar-refractivity contribution is 5.75. The minimum Gasteiger partial charge on any atom is -0.396 e. The Labute approximate surface area is 136 Å². The summed E-state index contributed by atoms with van der Waals surface area (Å²) in [7, 11) is 0. The normalized spacial score (nSPS) is 13.7. The van der Waals surface area contributed by atoms with Gasteiger partial charge in [-0.15, -0.1) is 0 Å². The van der Waals surface area contributed by atoms with E-state index in [-0.39, 0.29) is 18.2 Å². The average molecular weight is 318 g/mol. The first kappa shape index (κ1) is 17.3. The summed E-state index contributed by atoms with van der Waals surface area (Å²) in [4.78, 5) is 16.3. The third kappa shape index (κ3) is 4.69. The number of rotatable bonds is 8. The minimum absolute atomic E-state index is 0.0678. The lowest BCUT2D eigenvalue weighted by molar-refractivity contribution is 0.201. The molecule has 6 nitrogen and oxygen atoms in total. The first-order chi connectivity index (χ1) is 11.1. The van der Waals surface area contributed by atoms with Gasteiger partial charge < -0.3 is 20.3 Å². The van der Waals surface area contributed by atoms with Crippen LogP contribution in [0.2, 0.25) is 0 Å². The molecule has 2 rings (SSSR count). The fourth-order valence-corrected chi connectivity index (χ4v) is 2.53. The molecule has 1 aromatic carbocycles. The molecule has 23 heavy (non-hydrogen) atoms. The molecule has 6 heteroatoms. The van der Waals surface area contributed by atoms with Gasteiger partial charge in [0.25, 0.3) is 0 Å². The summed E-state index contributed by atoms with van der Waals surface area (Å²) in [5.74, 6) is 0. The molecule has 0 saturated heterocycles. The Morgan fingerprint density at radius 3 is 2.91 bits per heavy atom. The quantitative estimate of drug-likeness (QED) is 0.653. The van der Waals surface area contributed by atoms with Crippen LogP contribution in [0.5, 0.6) is 0 Å². The molecule has 1 heterocycles. The second kappa shape index (κ2) is 7.97. The van der Waals surface area contributed by atoms with Crippen molar-refractivity contribution in [3.63, 3.8) is 0 Å². The number of carbonyl (C=O) groups is 1. The summed E-state index contributed by atoms with van der Waals surface area (Å²) >= 11 is 0. The van der Waals surface area contributed by atoms with Crippen LogP contribution in [0.15, 0.2) is 30.6 Å². The van der Waals surface area contributed by atoms with Gasteiger partial charge in [-0.25, -0.2) is 9.78 Å². The topological polar surface area (TPSA) is 79.2 Å². The lowest BCUT2D eigenvalue weighted by Crippen LogP contribution is -2.50. The van der Waals surface area contributed by atoms with Crippen molar-refractivity contribution in [2.24, 2.45) is 0 Å². The molecule has 0 fully saturated rings. The Balaban J connectivity index is 1.76. The van der Waals surface area contributed by atoms with E-state index in [0.717, 1.165) is 30.4 Å². The van der Waals surface area contributed by atoms with Gasteiger partial charge in [-0.1, -0.05) is 19.1 Å². The summed E-state index contributed by atoms with van der Waals surface area (Å²) in [5.41, 5.74) is 1.73. The fraction of sp³-hybridized carbons (Fsp3) is 0.529. The molecule has 0 saturated carbocycles. The molecule has 1 aromatic heterocycles. The number of aryl methyl sites for hydroxylation is 1. The largest absolute Gasteiger partial charge is 0.396 e. The number of amides is 2. The van der Waals surface area contributed by atoms with E-state index in [4.69, 9.17) is 5.11 Å². The van der Waals surface area contributed by atoms with Crippen molar-refractivity contribution in [3.05, 3.63) is 30.6 Å². The molecule has 126 valence electrons. The molecule has 0 aliphatic heterocycles. The lowest BCUT2D eigenvalue weighted by Gasteiger charge is -2.29. The van der Waals surface area contributed by atoms with Gasteiger partial charge in [0.1, 0.15) is 0 Å². The number of para-hydroxylation sites is 2. The van der Waals surface area contributed by atoms with E-state index >= 15 is 0 Å². The number of aliphatic hydroxyl groups is 1. The number of imidazole rings is 1. The van der Waals surface area contributed by atoms with Crippen LogP contribution in [-0.2, 0) is 6.54 Å². The van der Waals surface area contributed by atoms with E-state index in [0.29, 0.717) is 13.0 Å². The monoisotopic (exact) mass is 318 g/mol. The maximum absolute atomic E-state index is 11.9. The highest BCUT2D eigenvalue weighted by Gasteiger charge is 2.23. The number of aliphatic hydroxyl groups excluding tert-OH is 1. The van der Waals surface area contributed by atoms with Gasteiger partial charge in [0.05, 0.1) is 17.4 Å². The van der Waals surface area contributed by atoms with E-state index < -0.39 is 0 Å². The van der Waals surface area contributed by atoms with Crippen LogP contribution in [0.4, 0.5) is 4.79 Å². The first-order valence-corrected chi connectivity index (χ1v) is 8.15. The third-order valence-corrected chi connectivity index (χ3v) is 4.25. The summed E-state index contributed by atoms with van der Waals surface area (Å²) in [5, 5.41) is 14.9. The third-order valence-electron chi connectivity index (χ3n) is 4.25. The zero-order chi connectivity index (χ0) is 16.7. The minimum atomic E-state index is -0.362. The highest BCUT2D eigenvalue weighted by Crippen LogP contribution is 2.13. The maximum atomic E-state index is 11.9. The zero-order valence-corrected chi connectivity index (χ0v) is 13.9. The Morgan fingerprint density at radius 2 is 2.17 bits per heavy atom. The maximum Gasteiger partial charge on any atom is 0.315 e. The van der Waals surface area contributed by atoms with Crippen molar-refractivity contribution in [1.82, 2.24) is 20.2 Å². The van der Waals surface area contributed by atoms with E-state index in [1.165, 1.54) is 0 Å². The predicted molar refractivity (Wildman–Crippen MR) is 91.3 cm³/mol. The van der Waals surface area contributed by atoms with E-state index in [9.17, 15) is 4.79 Å². The van der Waals surface area contributed by atoms with Gasteiger partial charge in [-0.05, 0) is 38.3 Å². The van der Waals surface area contributed by atoms with Crippen LogP contribution < -0.4 is 10.6 Å². The van der Waals surface area contributed by atoms with Gasteiger partial charge in [0.15, 0.2) is 0 Å². The van der Waals surface area contributed by atoms with Crippen molar-refractivity contribution < 1.29 is 9.90 Å². The van der Waals surface area contributed by atoms with Gasteiger partial charge in [0, 0.05) is 25.2 Å². The van der Waals surface area contributed by atoms with E-state index in [1.807, 2.05) is 44.4 Å². The van der Waals surface area contributed by atoms with E-state index in [1.54, 1.807) is 0 Å². The number of hydrogen-bond acceptors (Lipinski definition) is 3. The molecule has 2 aromatic rings. The molecule has 0 radical (unpaired) electrons. The number of urea groups is 1. The molecule has 1 atom stereocenters. The smallest absolute Gasteiger partial charge is 0.315 e. The molecule has 0 aliphatic rings. The highest BCUT2D eigenvalue weighted by atomic mass is 16.3. The van der Waals surface area contributed by atoms with E-state index in [2.05, 4.69) is 20.2 Å². The molecule has 0 aliphatic carbocycles. The van der Waals surface area contributed by atoms with Crippen LogP contribution in [0.1, 0.15) is 33.1 Å². The van der Waals surface area contributed by atoms with Crippen molar-refractivity contribution in [2.45, 2.75) is 45.2 Å². The number of fused-ring (bicyclic) bond motifs is 1. The zero-order valence-electron chi connectivity index (χ0n) is 13.9. The molecular formula is C17H26N4O2. The lowest BCUT2D eigenvalue weighted by atomic mass is 9.95. The summed E-state index contributed by atoms with van der Waals surface area (Å²) in [6, 6.07) is 7.83. The van der Waals surface area contributed by atoms with Crippen LogP contribution >= 0.6 is 0 Å². The first-order valence-electron chi connectivity index (χ1n) is 8.15. The summed E-state index contributed by atoms with van der Waals surface area (Å²) in [6.45, 7) is 5.42. The van der Waals surface area contributed by atoms with Gasteiger partial charge >= 0.3 is 6.03 Å². The standard InChI is InChI=1S/C17H26N4O2/c1-3-17(2,9-12-22)20-16(23)18-10-6-11-21-13-19-14-7-4-5-8-15(14)21/h4-5,7-8,13,22H,3,6,9-12H2,1-2H3,(H2,18,20,23). The SMILES string of the molecule is CCC(C)(CCO)NC(=O)NCCCn1cnc2ccccc21. The molecule has 0 spiro atoms. The number of benzene rings is 1. The Kier molecular flexibility index (Phi) is 5.98. The molecular weight excluding hydrogens is 292 g/mol. The van der Waals surface area contributed by atoms with Crippen molar-refractivity contribution in [1.29, 1.82) is 0 Å². The van der Waals surface area contributed by atoms with Gasteiger partial charge in [0.2, 0.25) is 0 Å². The van der Waals surface area contributed by atoms with Crippen molar-refractivity contribution >= 4 is 17.1 Å². The molecule has 3 N–H and O–H groups in total. The second-order valence-electron chi connectivity index (χ2n) is 6.05. The number of hydrogen-bond donors (Lipinski definition) is 3. The number of aromatic nitrogens is 2. The average Bonchev–Trinajstić information content (AvgIpc) is 2.95. The second-order valence-corrected chi connectivity index (χ2v) is 6.05.